The zero-order valence-electron chi connectivity index (χ0n) is 14.7. The largest absolute Gasteiger partial charge is 0.317 e. The van der Waals surface area contributed by atoms with Crippen LogP contribution in [-0.2, 0) is 6.42 Å². The predicted molar refractivity (Wildman–Crippen MR) is 112 cm³/mol. The van der Waals surface area contributed by atoms with E-state index in [1.165, 1.54) is 11.1 Å². The Morgan fingerprint density at radius 2 is 1.38 bits per heavy atom. The summed E-state index contributed by atoms with van der Waals surface area (Å²) in [6, 6.07) is 27.8. The van der Waals surface area contributed by atoms with E-state index in [0.29, 0.717) is 0 Å². The second kappa shape index (κ2) is 7.28. The van der Waals surface area contributed by atoms with E-state index in [0.717, 1.165) is 28.9 Å². The Hall–Kier alpha value is -3.32. The number of para-hydroxylation sites is 1. The van der Waals surface area contributed by atoms with Gasteiger partial charge in [0.25, 0.3) is 0 Å². The molecule has 0 saturated carbocycles. The monoisotopic (exact) mass is 335 g/mol. The lowest BCUT2D eigenvalue weighted by molar-refractivity contribution is 1.18. The van der Waals surface area contributed by atoms with Gasteiger partial charge in [0.05, 0.1) is 5.69 Å². The van der Waals surface area contributed by atoms with Gasteiger partial charge in [-0.25, -0.2) is 0 Å². The minimum absolute atomic E-state index is 0.951. The van der Waals surface area contributed by atoms with Crippen molar-refractivity contribution in [3.8, 4) is 0 Å². The first-order chi connectivity index (χ1) is 12.8. The van der Waals surface area contributed by atoms with Crippen molar-refractivity contribution in [2.24, 2.45) is 0 Å². The smallest absolute Gasteiger partial charge is 0.0533 e. The van der Waals surface area contributed by atoms with Crippen molar-refractivity contribution in [3.05, 3.63) is 127 Å². The molecule has 4 rings (SSSR count). The summed E-state index contributed by atoms with van der Waals surface area (Å²) in [5.74, 6) is 0. The van der Waals surface area contributed by atoms with Crippen LogP contribution in [0.2, 0.25) is 0 Å². The molecule has 3 aromatic rings. The third kappa shape index (κ3) is 3.38. The third-order valence-electron chi connectivity index (χ3n) is 4.62. The molecular formula is C25H21N. The van der Waals surface area contributed by atoms with Crippen molar-refractivity contribution in [2.75, 3.05) is 4.90 Å². The van der Waals surface area contributed by atoms with E-state index < -0.39 is 0 Å². The van der Waals surface area contributed by atoms with Crippen molar-refractivity contribution in [1.82, 2.24) is 0 Å². The number of fused-ring (bicyclic) bond motifs is 1. The summed E-state index contributed by atoms with van der Waals surface area (Å²) in [7, 11) is 0. The highest BCUT2D eigenvalue weighted by atomic mass is 15.1. The van der Waals surface area contributed by atoms with Crippen LogP contribution >= 0.6 is 0 Å². The van der Waals surface area contributed by atoms with Gasteiger partial charge in [0.2, 0.25) is 0 Å². The van der Waals surface area contributed by atoms with Crippen LogP contribution in [0.5, 0.6) is 0 Å². The third-order valence-corrected chi connectivity index (χ3v) is 4.62. The van der Waals surface area contributed by atoms with E-state index >= 15 is 0 Å². The SMILES string of the molecule is C=C1/C=C\C=C/N(c2ccc(Cc3ccccc3)cc2)c2ccccc21. The summed E-state index contributed by atoms with van der Waals surface area (Å²) < 4.78 is 0. The Labute approximate surface area is 155 Å². The topological polar surface area (TPSA) is 3.24 Å². The fourth-order valence-electron chi connectivity index (χ4n) is 3.26. The lowest BCUT2D eigenvalue weighted by Crippen LogP contribution is -2.11. The van der Waals surface area contributed by atoms with Gasteiger partial charge in [-0.3, -0.25) is 0 Å². The number of hydrogen-bond acceptors (Lipinski definition) is 1. The highest BCUT2D eigenvalue weighted by molar-refractivity contribution is 5.85. The zero-order chi connectivity index (χ0) is 17.8. The highest BCUT2D eigenvalue weighted by Gasteiger charge is 2.13. The Morgan fingerprint density at radius 1 is 0.692 bits per heavy atom. The van der Waals surface area contributed by atoms with Crippen LogP contribution in [0.4, 0.5) is 11.4 Å². The van der Waals surface area contributed by atoms with Gasteiger partial charge in [-0.05, 0) is 47.4 Å². The van der Waals surface area contributed by atoms with Crippen molar-refractivity contribution < 1.29 is 0 Å². The zero-order valence-corrected chi connectivity index (χ0v) is 14.7. The van der Waals surface area contributed by atoms with Crippen LogP contribution in [-0.4, -0.2) is 0 Å². The average Bonchev–Trinajstić information content (AvgIpc) is 2.68. The summed E-state index contributed by atoms with van der Waals surface area (Å²) in [6.07, 6.45) is 9.20. The minimum Gasteiger partial charge on any atom is -0.317 e. The second-order valence-corrected chi connectivity index (χ2v) is 6.44. The van der Waals surface area contributed by atoms with E-state index in [2.05, 4.69) is 109 Å². The summed E-state index contributed by atoms with van der Waals surface area (Å²) in [5, 5.41) is 0. The first-order valence-electron chi connectivity index (χ1n) is 8.86. The molecule has 0 N–H and O–H groups in total. The molecule has 1 heteroatoms. The number of nitrogens with zero attached hydrogens (tertiary/aromatic N) is 1. The molecule has 0 radical (unpaired) electrons. The summed E-state index contributed by atoms with van der Waals surface area (Å²) in [6.45, 7) is 4.20. The van der Waals surface area contributed by atoms with Crippen LogP contribution in [0.15, 0.2) is 110 Å². The molecule has 3 aromatic carbocycles. The Bertz CT molecular complexity index is 963. The molecule has 0 saturated heterocycles. The van der Waals surface area contributed by atoms with Gasteiger partial charge in [0.1, 0.15) is 0 Å². The second-order valence-electron chi connectivity index (χ2n) is 6.44. The molecule has 1 nitrogen and oxygen atoms in total. The molecule has 0 spiro atoms. The molecule has 26 heavy (non-hydrogen) atoms. The molecule has 1 heterocycles. The molecular weight excluding hydrogens is 314 g/mol. The van der Waals surface area contributed by atoms with Gasteiger partial charge in [0, 0.05) is 17.5 Å². The molecule has 1 aliphatic rings. The summed E-state index contributed by atoms with van der Waals surface area (Å²) in [4.78, 5) is 2.22. The van der Waals surface area contributed by atoms with Gasteiger partial charge >= 0.3 is 0 Å². The van der Waals surface area contributed by atoms with E-state index in [9.17, 15) is 0 Å². The first kappa shape index (κ1) is 16.2. The average molecular weight is 335 g/mol. The molecule has 0 amide bonds. The van der Waals surface area contributed by atoms with Crippen molar-refractivity contribution in [2.45, 2.75) is 6.42 Å². The maximum atomic E-state index is 4.20. The molecule has 126 valence electrons. The fraction of sp³-hybridized carbons (Fsp3) is 0.0400. The Balaban J connectivity index is 1.66. The van der Waals surface area contributed by atoms with Gasteiger partial charge in [0.15, 0.2) is 0 Å². The van der Waals surface area contributed by atoms with Crippen LogP contribution in [0.3, 0.4) is 0 Å². The van der Waals surface area contributed by atoms with Gasteiger partial charge < -0.3 is 4.90 Å². The maximum absolute atomic E-state index is 4.20. The van der Waals surface area contributed by atoms with E-state index in [1.54, 1.807) is 0 Å². The van der Waals surface area contributed by atoms with Gasteiger partial charge in [-0.1, -0.05) is 79.4 Å². The Morgan fingerprint density at radius 3 is 2.19 bits per heavy atom. The molecule has 0 fully saturated rings. The van der Waals surface area contributed by atoms with E-state index in [4.69, 9.17) is 0 Å². The van der Waals surface area contributed by atoms with Crippen LogP contribution in [0.25, 0.3) is 5.57 Å². The number of benzene rings is 3. The number of allylic oxidation sites excluding steroid dienone is 4. The quantitative estimate of drug-likeness (QED) is 0.527. The molecule has 0 aliphatic carbocycles. The van der Waals surface area contributed by atoms with E-state index in [1.807, 2.05) is 6.08 Å². The minimum atomic E-state index is 0.951. The lowest BCUT2D eigenvalue weighted by Gasteiger charge is -2.25. The maximum Gasteiger partial charge on any atom is 0.0533 e. The summed E-state index contributed by atoms with van der Waals surface area (Å²) in [5.41, 5.74) is 7.12. The first-order valence-corrected chi connectivity index (χ1v) is 8.86. The Kier molecular flexibility index (Phi) is 4.53. The van der Waals surface area contributed by atoms with Gasteiger partial charge in [-0.15, -0.1) is 0 Å². The van der Waals surface area contributed by atoms with Crippen LogP contribution < -0.4 is 4.90 Å². The van der Waals surface area contributed by atoms with Crippen molar-refractivity contribution >= 4 is 16.9 Å². The van der Waals surface area contributed by atoms with Crippen molar-refractivity contribution in [3.63, 3.8) is 0 Å². The number of anilines is 2. The molecule has 0 aromatic heterocycles. The van der Waals surface area contributed by atoms with E-state index in [-0.39, 0.29) is 0 Å². The summed E-state index contributed by atoms with van der Waals surface area (Å²) >= 11 is 0. The molecule has 0 unspecified atom stereocenters. The standard InChI is InChI=1S/C25H21N/c1-20-9-7-8-18-26(25-13-6-5-12-24(20)25)23-16-14-22(15-17-23)19-21-10-3-2-4-11-21/h2-18H,1,19H2/b9-7-,18-8-. The molecule has 0 atom stereocenters. The fourth-order valence-corrected chi connectivity index (χ4v) is 3.26. The molecule has 0 bridgehead atoms. The normalized spacial score (nSPS) is 15.7. The number of rotatable bonds is 3. The van der Waals surface area contributed by atoms with Crippen LogP contribution in [0.1, 0.15) is 16.7 Å². The predicted octanol–water partition coefficient (Wildman–Crippen LogP) is 6.51. The number of hydrogen-bond donors (Lipinski definition) is 0. The molecule has 1 aliphatic heterocycles. The van der Waals surface area contributed by atoms with Gasteiger partial charge in [-0.2, -0.15) is 0 Å². The lowest BCUT2D eigenvalue weighted by atomic mass is 10.0. The van der Waals surface area contributed by atoms with Crippen molar-refractivity contribution in [1.29, 1.82) is 0 Å². The van der Waals surface area contributed by atoms with Crippen LogP contribution in [0, 0.1) is 0 Å². The highest BCUT2D eigenvalue weighted by Crippen LogP contribution is 2.34.